The fourth-order valence-electron chi connectivity index (χ4n) is 2.25. The highest BCUT2D eigenvalue weighted by molar-refractivity contribution is 14.0. The molecule has 3 N–H and O–H groups in total. The molecule has 0 bridgehead atoms. The van der Waals surface area contributed by atoms with Crippen LogP contribution in [0.1, 0.15) is 5.69 Å². The van der Waals surface area contributed by atoms with Gasteiger partial charge in [-0.25, -0.2) is 4.98 Å². The Kier molecular flexibility index (Phi) is 5.18. The molecule has 5 nitrogen and oxygen atoms in total. The molecule has 108 valence electrons. The van der Waals surface area contributed by atoms with Crippen LogP contribution in [0, 0.1) is 11.8 Å². The van der Waals surface area contributed by atoms with Gasteiger partial charge in [0.2, 0.25) is 5.91 Å². The Bertz CT molecular complexity index is 423. The van der Waals surface area contributed by atoms with Gasteiger partial charge in [0.1, 0.15) is 0 Å². The first kappa shape index (κ1) is 16.2. The molecule has 0 spiro atoms. The number of H-pyrrole nitrogens is 1. The van der Waals surface area contributed by atoms with Crippen LogP contribution in [0.5, 0.6) is 0 Å². The Balaban J connectivity index is 0.00000180. The number of rotatable bonds is 3. The molecule has 0 unspecified atom stereocenters. The van der Waals surface area contributed by atoms with Crippen LogP contribution in [0.15, 0.2) is 12.5 Å². The normalized spacial score (nSPS) is 24.2. The Morgan fingerprint density at radius 1 is 1.53 bits per heavy atom. The van der Waals surface area contributed by atoms with Crippen molar-refractivity contribution in [3.8, 4) is 0 Å². The third-order valence-electron chi connectivity index (χ3n) is 3.13. The minimum atomic E-state index is -4.40. The summed E-state index contributed by atoms with van der Waals surface area (Å²) in [5, 5.41) is 0. The molecule has 2 rings (SSSR count). The third kappa shape index (κ3) is 3.81. The van der Waals surface area contributed by atoms with E-state index >= 15 is 0 Å². The van der Waals surface area contributed by atoms with Gasteiger partial charge in [-0.1, -0.05) is 0 Å². The SMILES string of the molecule is I.NC(=O)[C@@H]1CN(Cc2cnc[nH]2)C[C@H]1C(F)(F)F. The van der Waals surface area contributed by atoms with Crippen LogP contribution in [0.4, 0.5) is 13.2 Å². The van der Waals surface area contributed by atoms with Gasteiger partial charge in [0.05, 0.1) is 18.2 Å². The van der Waals surface area contributed by atoms with E-state index < -0.39 is 23.9 Å². The van der Waals surface area contributed by atoms with Crippen molar-refractivity contribution in [3.63, 3.8) is 0 Å². The first-order valence-corrected chi connectivity index (χ1v) is 5.43. The molecule has 2 atom stereocenters. The Morgan fingerprint density at radius 2 is 2.21 bits per heavy atom. The zero-order valence-corrected chi connectivity index (χ0v) is 12.2. The van der Waals surface area contributed by atoms with Crippen molar-refractivity contribution in [1.82, 2.24) is 14.9 Å². The lowest BCUT2D eigenvalue weighted by Gasteiger charge is -2.18. The molecule has 9 heteroatoms. The van der Waals surface area contributed by atoms with Crippen molar-refractivity contribution in [2.24, 2.45) is 17.6 Å². The van der Waals surface area contributed by atoms with Crippen LogP contribution in [-0.2, 0) is 11.3 Å². The average Bonchev–Trinajstić information content (AvgIpc) is 2.85. The van der Waals surface area contributed by atoms with Crippen LogP contribution >= 0.6 is 24.0 Å². The lowest BCUT2D eigenvalue weighted by atomic mass is 9.95. The van der Waals surface area contributed by atoms with E-state index in [0.717, 1.165) is 0 Å². The summed E-state index contributed by atoms with van der Waals surface area (Å²) in [4.78, 5) is 19.2. The van der Waals surface area contributed by atoms with Gasteiger partial charge < -0.3 is 10.7 Å². The number of nitrogens with two attached hydrogens (primary N) is 1. The number of aromatic nitrogens is 2. The second-order valence-electron chi connectivity index (χ2n) is 4.43. The smallest absolute Gasteiger partial charge is 0.369 e. The molecule has 1 aromatic heterocycles. The van der Waals surface area contributed by atoms with Gasteiger partial charge in [-0.15, -0.1) is 24.0 Å². The first-order valence-electron chi connectivity index (χ1n) is 5.43. The van der Waals surface area contributed by atoms with Crippen molar-refractivity contribution in [2.75, 3.05) is 13.1 Å². The van der Waals surface area contributed by atoms with E-state index in [0.29, 0.717) is 12.2 Å². The van der Waals surface area contributed by atoms with Crippen molar-refractivity contribution < 1.29 is 18.0 Å². The van der Waals surface area contributed by atoms with E-state index in [1.807, 2.05) is 0 Å². The maximum atomic E-state index is 12.8. The summed E-state index contributed by atoms with van der Waals surface area (Å²) < 4.78 is 38.3. The molecule has 1 fully saturated rings. The molecule has 1 saturated heterocycles. The first-order chi connectivity index (χ1) is 8.38. The Labute approximate surface area is 124 Å². The summed E-state index contributed by atoms with van der Waals surface area (Å²) in [5.41, 5.74) is 5.74. The summed E-state index contributed by atoms with van der Waals surface area (Å²) in [5.74, 6) is -3.75. The van der Waals surface area contributed by atoms with Crippen LogP contribution in [0.25, 0.3) is 0 Å². The van der Waals surface area contributed by atoms with E-state index in [-0.39, 0.29) is 37.1 Å². The number of aromatic amines is 1. The van der Waals surface area contributed by atoms with Crippen LogP contribution in [0.3, 0.4) is 0 Å². The molecule has 1 aliphatic rings. The number of nitrogens with one attached hydrogen (secondary N) is 1. The summed E-state index contributed by atoms with van der Waals surface area (Å²) in [6.45, 7) is 0.116. The third-order valence-corrected chi connectivity index (χ3v) is 3.13. The minimum Gasteiger partial charge on any atom is -0.369 e. The van der Waals surface area contributed by atoms with Crippen LogP contribution < -0.4 is 5.73 Å². The zero-order chi connectivity index (χ0) is 13.3. The van der Waals surface area contributed by atoms with E-state index in [2.05, 4.69) is 9.97 Å². The predicted molar refractivity (Wildman–Crippen MR) is 71.5 cm³/mol. The maximum Gasteiger partial charge on any atom is 0.393 e. The highest BCUT2D eigenvalue weighted by Crippen LogP contribution is 2.37. The molecule has 0 radical (unpaired) electrons. The van der Waals surface area contributed by atoms with Crippen LogP contribution in [0.2, 0.25) is 0 Å². The second kappa shape index (κ2) is 6.07. The van der Waals surface area contributed by atoms with Gasteiger partial charge in [0.25, 0.3) is 0 Å². The standard InChI is InChI=1S/C10H13F3N4O.HI/c11-10(12,13)8-4-17(3-7(8)9(14)18)2-6-1-15-5-16-6;/h1,5,7-8H,2-4H2,(H2,14,18)(H,15,16);1H/t7-,8-;/m1./s1. The number of hydrogen-bond donors (Lipinski definition) is 2. The highest BCUT2D eigenvalue weighted by Gasteiger charge is 2.51. The Hall–Kier alpha value is -0.840. The molecule has 0 saturated carbocycles. The maximum absolute atomic E-state index is 12.8. The van der Waals surface area contributed by atoms with Crippen molar-refractivity contribution in [2.45, 2.75) is 12.7 Å². The molecule has 2 heterocycles. The molecule has 19 heavy (non-hydrogen) atoms. The largest absolute Gasteiger partial charge is 0.393 e. The average molecular weight is 390 g/mol. The molecule has 1 aromatic rings. The molecular formula is C10H14F3IN4O. The zero-order valence-electron chi connectivity index (χ0n) is 9.85. The fourth-order valence-corrected chi connectivity index (χ4v) is 2.25. The van der Waals surface area contributed by atoms with Crippen LogP contribution in [-0.4, -0.2) is 40.0 Å². The summed E-state index contributed by atoms with van der Waals surface area (Å²) in [6, 6.07) is 0. The van der Waals surface area contributed by atoms with Crippen molar-refractivity contribution in [3.05, 3.63) is 18.2 Å². The number of carbonyl (C=O) groups excluding carboxylic acids is 1. The number of imidazole rings is 1. The predicted octanol–water partition coefficient (Wildman–Crippen LogP) is 1.12. The van der Waals surface area contributed by atoms with Crippen molar-refractivity contribution >= 4 is 29.9 Å². The molecule has 1 amide bonds. The van der Waals surface area contributed by atoms with Gasteiger partial charge in [-0.05, 0) is 0 Å². The lowest BCUT2D eigenvalue weighted by molar-refractivity contribution is -0.182. The van der Waals surface area contributed by atoms with E-state index in [1.54, 1.807) is 11.1 Å². The van der Waals surface area contributed by atoms with E-state index in [9.17, 15) is 18.0 Å². The monoisotopic (exact) mass is 390 g/mol. The molecule has 1 aliphatic heterocycles. The minimum absolute atomic E-state index is 0. The Morgan fingerprint density at radius 3 is 2.63 bits per heavy atom. The van der Waals surface area contributed by atoms with Gasteiger partial charge >= 0.3 is 6.18 Å². The molecule has 0 aliphatic carbocycles. The van der Waals surface area contributed by atoms with Gasteiger partial charge in [-0.3, -0.25) is 9.69 Å². The number of alkyl halides is 3. The lowest BCUT2D eigenvalue weighted by Crippen LogP contribution is -2.37. The number of carbonyl (C=O) groups is 1. The van der Waals surface area contributed by atoms with Crippen molar-refractivity contribution in [1.29, 1.82) is 0 Å². The fraction of sp³-hybridized carbons (Fsp3) is 0.600. The number of amides is 1. The van der Waals surface area contributed by atoms with Gasteiger partial charge in [0.15, 0.2) is 0 Å². The van der Waals surface area contributed by atoms with Gasteiger partial charge in [0, 0.05) is 31.5 Å². The summed E-state index contributed by atoms with van der Waals surface area (Å²) in [7, 11) is 0. The summed E-state index contributed by atoms with van der Waals surface area (Å²) >= 11 is 0. The second-order valence-corrected chi connectivity index (χ2v) is 4.43. The van der Waals surface area contributed by atoms with Gasteiger partial charge in [-0.2, -0.15) is 13.2 Å². The quantitative estimate of drug-likeness (QED) is 0.760. The number of nitrogens with zero attached hydrogens (tertiary/aromatic N) is 2. The highest BCUT2D eigenvalue weighted by atomic mass is 127. The van der Waals surface area contributed by atoms with E-state index in [4.69, 9.17) is 5.73 Å². The number of primary amides is 1. The number of likely N-dealkylation sites (tertiary alicyclic amines) is 1. The number of halogens is 4. The summed E-state index contributed by atoms with van der Waals surface area (Å²) in [6.07, 6.45) is -1.40. The van der Waals surface area contributed by atoms with E-state index in [1.165, 1.54) is 6.33 Å². The molecular weight excluding hydrogens is 376 g/mol. The number of hydrogen-bond acceptors (Lipinski definition) is 3. The topological polar surface area (TPSA) is 75.0 Å². The molecule has 0 aromatic carbocycles.